The number of hydrogen-bond acceptors (Lipinski definition) is 7. The van der Waals surface area contributed by atoms with Crippen molar-refractivity contribution in [3.63, 3.8) is 0 Å². The summed E-state index contributed by atoms with van der Waals surface area (Å²) in [6.07, 6.45) is -6.71. The second-order valence-electron chi connectivity index (χ2n) is 3.38. The largest absolute Gasteiger partial charge is 0.472 e. The van der Waals surface area contributed by atoms with Crippen LogP contribution in [0.5, 0.6) is 0 Å². The molecule has 15 heavy (non-hydrogen) atoms. The number of ether oxygens (including phenoxy) is 1. The Morgan fingerprint density at radius 3 is 2.53 bits per heavy atom. The Kier molecular flexibility index (Phi) is 2.87. The summed E-state index contributed by atoms with van der Waals surface area (Å²) < 4.78 is 24.8. The van der Waals surface area contributed by atoms with Gasteiger partial charge in [0.1, 0.15) is 24.4 Å². The Morgan fingerprint density at radius 2 is 1.87 bits per heavy atom. The smallest absolute Gasteiger partial charge is 0.387 e. The Morgan fingerprint density at radius 1 is 1.20 bits per heavy atom. The van der Waals surface area contributed by atoms with Crippen LogP contribution in [0.4, 0.5) is 0 Å². The molecule has 0 aromatic heterocycles. The second-order valence-corrected chi connectivity index (χ2v) is 4.79. The highest BCUT2D eigenvalue weighted by Crippen LogP contribution is 2.50. The SMILES string of the molecule is O=P1(O)OC[C@H]2O[C@@H](O)[C@H](O)[C@@H](O)[C@H]2O1. The van der Waals surface area contributed by atoms with Crippen LogP contribution >= 0.6 is 7.82 Å². The van der Waals surface area contributed by atoms with E-state index in [-0.39, 0.29) is 6.61 Å². The lowest BCUT2D eigenvalue weighted by molar-refractivity contribution is -0.291. The van der Waals surface area contributed by atoms with E-state index in [2.05, 4.69) is 9.05 Å². The molecular weight excluding hydrogens is 231 g/mol. The summed E-state index contributed by atoms with van der Waals surface area (Å²) in [5.74, 6) is 0. The van der Waals surface area contributed by atoms with E-state index in [0.29, 0.717) is 0 Å². The van der Waals surface area contributed by atoms with E-state index in [4.69, 9.17) is 14.7 Å². The van der Waals surface area contributed by atoms with Crippen LogP contribution < -0.4 is 0 Å². The van der Waals surface area contributed by atoms with Crippen LogP contribution in [-0.2, 0) is 18.3 Å². The average molecular weight is 242 g/mol. The molecule has 1 unspecified atom stereocenters. The van der Waals surface area contributed by atoms with E-state index in [1.807, 2.05) is 0 Å². The molecule has 8 nitrogen and oxygen atoms in total. The van der Waals surface area contributed by atoms with Crippen LogP contribution in [0.2, 0.25) is 0 Å². The fourth-order valence-electron chi connectivity index (χ4n) is 1.54. The standard InChI is InChI=1S/C6H11O8P/c7-3-4(8)6(9)13-2-1-12-15(10,11)14-5(2)3/h2-9H,1H2,(H,10,11)/t2-,3-,4-,5+,6-/m1/s1. The van der Waals surface area contributed by atoms with Gasteiger partial charge in [-0.15, -0.1) is 0 Å². The highest BCUT2D eigenvalue weighted by molar-refractivity contribution is 7.47. The maximum Gasteiger partial charge on any atom is 0.472 e. The zero-order chi connectivity index (χ0) is 11.2. The van der Waals surface area contributed by atoms with Gasteiger partial charge in [-0.1, -0.05) is 0 Å². The third kappa shape index (κ3) is 2.08. The van der Waals surface area contributed by atoms with Gasteiger partial charge in [-0.3, -0.25) is 9.05 Å². The molecular formula is C6H11O8P. The van der Waals surface area contributed by atoms with Crippen molar-refractivity contribution in [1.82, 2.24) is 0 Å². The molecule has 88 valence electrons. The van der Waals surface area contributed by atoms with E-state index in [1.165, 1.54) is 0 Å². The van der Waals surface area contributed by atoms with Crippen LogP contribution in [0.15, 0.2) is 0 Å². The Labute approximate surface area is 84.6 Å². The maximum absolute atomic E-state index is 11.0. The Hall–Kier alpha value is -0.0500. The van der Waals surface area contributed by atoms with Gasteiger partial charge in [-0.25, -0.2) is 4.57 Å². The minimum atomic E-state index is -4.19. The highest BCUT2D eigenvalue weighted by atomic mass is 31.2. The average Bonchev–Trinajstić information content (AvgIpc) is 2.16. The fourth-order valence-corrected chi connectivity index (χ4v) is 2.50. The number of aliphatic hydroxyl groups excluding tert-OH is 3. The summed E-state index contributed by atoms with van der Waals surface area (Å²) in [5.41, 5.74) is 0. The Bertz CT molecular complexity index is 293. The third-order valence-electron chi connectivity index (χ3n) is 2.32. The van der Waals surface area contributed by atoms with Gasteiger partial charge >= 0.3 is 7.82 Å². The molecule has 2 rings (SSSR count). The van der Waals surface area contributed by atoms with Gasteiger partial charge in [0.15, 0.2) is 6.29 Å². The lowest BCUT2D eigenvalue weighted by Gasteiger charge is -2.43. The topological polar surface area (TPSA) is 126 Å². The van der Waals surface area contributed by atoms with E-state index < -0.39 is 38.5 Å². The summed E-state index contributed by atoms with van der Waals surface area (Å²) in [6, 6.07) is 0. The van der Waals surface area contributed by atoms with Gasteiger partial charge in [0.05, 0.1) is 6.61 Å². The zero-order valence-electron chi connectivity index (χ0n) is 7.46. The van der Waals surface area contributed by atoms with E-state index >= 15 is 0 Å². The van der Waals surface area contributed by atoms with Crippen molar-refractivity contribution in [1.29, 1.82) is 0 Å². The molecule has 0 amide bonds. The Balaban J connectivity index is 2.15. The summed E-state index contributed by atoms with van der Waals surface area (Å²) in [6.45, 7) is -0.292. The number of phosphoric acid groups is 1. The molecule has 0 aromatic carbocycles. The normalized spacial score (nSPS) is 56.1. The predicted octanol–water partition coefficient (Wildman–Crippen LogP) is -2.06. The highest BCUT2D eigenvalue weighted by Gasteiger charge is 2.51. The van der Waals surface area contributed by atoms with E-state index in [0.717, 1.165) is 0 Å². The molecule has 4 N–H and O–H groups in total. The summed E-state index contributed by atoms with van der Waals surface area (Å²) in [4.78, 5) is 8.98. The first-order chi connectivity index (χ1) is 6.91. The van der Waals surface area contributed by atoms with Crippen molar-refractivity contribution < 1.29 is 38.6 Å². The van der Waals surface area contributed by atoms with Crippen LogP contribution in [0.25, 0.3) is 0 Å². The molecule has 6 atom stereocenters. The first-order valence-corrected chi connectivity index (χ1v) is 5.76. The van der Waals surface area contributed by atoms with Crippen LogP contribution in [0.1, 0.15) is 0 Å². The lowest BCUT2D eigenvalue weighted by Crippen LogP contribution is -2.60. The molecule has 0 aliphatic carbocycles. The maximum atomic E-state index is 11.0. The molecule has 0 spiro atoms. The molecule has 0 saturated carbocycles. The van der Waals surface area contributed by atoms with Crippen LogP contribution in [0, 0.1) is 0 Å². The number of phosphoric ester groups is 1. The van der Waals surface area contributed by atoms with Crippen molar-refractivity contribution in [2.45, 2.75) is 30.7 Å². The van der Waals surface area contributed by atoms with Gasteiger partial charge in [0.25, 0.3) is 0 Å². The molecule has 2 aliphatic rings. The molecule has 9 heteroatoms. The van der Waals surface area contributed by atoms with Gasteiger partial charge in [-0.05, 0) is 0 Å². The molecule has 2 fully saturated rings. The van der Waals surface area contributed by atoms with Gasteiger partial charge < -0.3 is 24.9 Å². The number of fused-ring (bicyclic) bond motifs is 1. The van der Waals surface area contributed by atoms with Crippen molar-refractivity contribution in [2.75, 3.05) is 6.61 Å². The van der Waals surface area contributed by atoms with Gasteiger partial charge in [0, 0.05) is 0 Å². The van der Waals surface area contributed by atoms with Crippen molar-refractivity contribution in [2.24, 2.45) is 0 Å². The van der Waals surface area contributed by atoms with E-state index in [9.17, 15) is 14.8 Å². The molecule has 2 aliphatic heterocycles. The molecule has 2 saturated heterocycles. The summed E-state index contributed by atoms with van der Waals surface area (Å²) in [7, 11) is -4.19. The first-order valence-electron chi connectivity index (χ1n) is 4.26. The monoisotopic (exact) mass is 242 g/mol. The van der Waals surface area contributed by atoms with Crippen molar-refractivity contribution in [3.8, 4) is 0 Å². The number of rotatable bonds is 0. The quantitative estimate of drug-likeness (QED) is 0.357. The van der Waals surface area contributed by atoms with Crippen LogP contribution in [0.3, 0.4) is 0 Å². The minimum Gasteiger partial charge on any atom is -0.387 e. The van der Waals surface area contributed by atoms with Crippen molar-refractivity contribution in [3.05, 3.63) is 0 Å². The summed E-state index contributed by atoms with van der Waals surface area (Å²) >= 11 is 0. The van der Waals surface area contributed by atoms with Gasteiger partial charge in [0.2, 0.25) is 0 Å². The molecule has 0 aromatic rings. The van der Waals surface area contributed by atoms with E-state index in [1.54, 1.807) is 0 Å². The van der Waals surface area contributed by atoms with Crippen molar-refractivity contribution >= 4 is 7.82 Å². The van der Waals surface area contributed by atoms with Crippen LogP contribution in [-0.4, -0.2) is 57.5 Å². The second kappa shape index (κ2) is 3.76. The molecule has 0 bridgehead atoms. The van der Waals surface area contributed by atoms with Gasteiger partial charge in [-0.2, -0.15) is 0 Å². The fraction of sp³-hybridized carbons (Fsp3) is 1.00. The minimum absolute atomic E-state index is 0.292. The number of aliphatic hydroxyl groups is 3. The third-order valence-corrected chi connectivity index (χ3v) is 3.30. The molecule has 0 radical (unpaired) electrons. The zero-order valence-corrected chi connectivity index (χ0v) is 8.36. The molecule has 2 heterocycles. The number of hydrogen-bond donors (Lipinski definition) is 4. The lowest BCUT2D eigenvalue weighted by atomic mass is 9.99. The first kappa shape index (κ1) is 11.4. The summed E-state index contributed by atoms with van der Waals surface area (Å²) in [5, 5.41) is 27.9. The predicted molar refractivity (Wildman–Crippen MR) is 43.5 cm³/mol.